The Bertz CT molecular complexity index is 616. The van der Waals surface area contributed by atoms with E-state index >= 15 is 0 Å². The van der Waals surface area contributed by atoms with Crippen LogP contribution in [0.3, 0.4) is 0 Å². The van der Waals surface area contributed by atoms with E-state index in [-0.39, 0.29) is 11.7 Å². The third-order valence-electron chi connectivity index (χ3n) is 3.00. The minimum Gasteiger partial charge on any atom is -0.387 e. The number of benzene rings is 1. The Hall–Kier alpha value is -2.43. The highest BCUT2D eigenvalue weighted by Crippen LogP contribution is 2.21. The van der Waals surface area contributed by atoms with Crippen LogP contribution in [0.4, 0.5) is 15.8 Å². The summed E-state index contributed by atoms with van der Waals surface area (Å²) in [7, 11) is 1.74. The summed E-state index contributed by atoms with van der Waals surface area (Å²) < 4.78 is 13.3. The van der Waals surface area contributed by atoms with Crippen LogP contribution in [0.1, 0.15) is 17.3 Å². The van der Waals surface area contributed by atoms with Crippen molar-refractivity contribution >= 4 is 17.3 Å². The third kappa shape index (κ3) is 2.77. The Kier molecular flexibility index (Phi) is 4.30. The van der Waals surface area contributed by atoms with Crippen molar-refractivity contribution in [2.45, 2.75) is 6.92 Å². The predicted octanol–water partition coefficient (Wildman–Crippen LogP) is 2.93. The number of hydrogen-bond acceptors (Lipinski definition) is 3. The number of anilines is 2. The van der Waals surface area contributed by atoms with Crippen LogP contribution in [0, 0.1) is 5.82 Å². The maximum Gasteiger partial charge on any atom is 0.261 e. The standard InChI is InChI=1S/C15H16FN3O/c1-3-19(12-6-4-5-11(16)9-12)15(20)13-10-18-8-7-14(13)17-2/h4-10H,3H2,1-2H3,(H,17,18). The third-order valence-corrected chi connectivity index (χ3v) is 3.00. The largest absolute Gasteiger partial charge is 0.387 e. The van der Waals surface area contributed by atoms with Crippen molar-refractivity contribution in [3.63, 3.8) is 0 Å². The molecular weight excluding hydrogens is 257 g/mol. The summed E-state index contributed by atoms with van der Waals surface area (Å²) in [5.41, 5.74) is 1.68. The lowest BCUT2D eigenvalue weighted by molar-refractivity contribution is 0.0988. The molecule has 4 nitrogen and oxygen atoms in total. The number of carbonyl (C=O) groups is 1. The van der Waals surface area contributed by atoms with Crippen molar-refractivity contribution in [2.75, 3.05) is 23.8 Å². The molecule has 5 heteroatoms. The quantitative estimate of drug-likeness (QED) is 0.931. The molecule has 1 N–H and O–H groups in total. The molecule has 0 fully saturated rings. The first kappa shape index (κ1) is 14.0. The second kappa shape index (κ2) is 6.14. The van der Waals surface area contributed by atoms with Gasteiger partial charge in [0.25, 0.3) is 5.91 Å². The van der Waals surface area contributed by atoms with Crippen LogP contribution in [-0.4, -0.2) is 24.5 Å². The van der Waals surface area contributed by atoms with E-state index in [4.69, 9.17) is 0 Å². The van der Waals surface area contributed by atoms with Gasteiger partial charge < -0.3 is 10.2 Å². The highest BCUT2D eigenvalue weighted by molar-refractivity contribution is 6.09. The van der Waals surface area contributed by atoms with Gasteiger partial charge in [0.1, 0.15) is 5.82 Å². The zero-order valence-electron chi connectivity index (χ0n) is 11.4. The van der Waals surface area contributed by atoms with Crippen molar-refractivity contribution in [3.8, 4) is 0 Å². The van der Waals surface area contributed by atoms with E-state index in [1.807, 2.05) is 6.92 Å². The highest BCUT2D eigenvalue weighted by atomic mass is 19.1. The molecule has 104 valence electrons. The minimum atomic E-state index is -0.367. The number of nitrogens with zero attached hydrogens (tertiary/aromatic N) is 2. The van der Waals surface area contributed by atoms with Gasteiger partial charge in [-0.25, -0.2) is 4.39 Å². The number of carbonyl (C=O) groups excluding carboxylic acids is 1. The molecule has 0 aliphatic carbocycles. The Morgan fingerprint density at radius 2 is 2.20 bits per heavy atom. The van der Waals surface area contributed by atoms with E-state index in [0.29, 0.717) is 23.5 Å². The van der Waals surface area contributed by atoms with Gasteiger partial charge in [-0.15, -0.1) is 0 Å². The second-order valence-electron chi connectivity index (χ2n) is 4.20. The molecule has 1 amide bonds. The number of hydrogen-bond donors (Lipinski definition) is 1. The highest BCUT2D eigenvalue weighted by Gasteiger charge is 2.19. The Morgan fingerprint density at radius 3 is 2.85 bits per heavy atom. The van der Waals surface area contributed by atoms with Crippen molar-refractivity contribution in [2.24, 2.45) is 0 Å². The molecular formula is C15H16FN3O. The second-order valence-corrected chi connectivity index (χ2v) is 4.20. The van der Waals surface area contributed by atoms with Gasteiger partial charge >= 0.3 is 0 Å². The van der Waals surface area contributed by atoms with Crippen LogP contribution in [0.15, 0.2) is 42.7 Å². The lowest BCUT2D eigenvalue weighted by atomic mass is 10.2. The van der Waals surface area contributed by atoms with Crippen LogP contribution in [0.25, 0.3) is 0 Å². The first-order valence-electron chi connectivity index (χ1n) is 6.36. The monoisotopic (exact) mass is 273 g/mol. The van der Waals surface area contributed by atoms with Gasteiger partial charge in [0.2, 0.25) is 0 Å². The topological polar surface area (TPSA) is 45.2 Å². The molecule has 2 rings (SSSR count). The number of rotatable bonds is 4. The van der Waals surface area contributed by atoms with Crippen molar-refractivity contribution < 1.29 is 9.18 Å². The van der Waals surface area contributed by atoms with Crippen LogP contribution in [0.5, 0.6) is 0 Å². The zero-order chi connectivity index (χ0) is 14.5. The van der Waals surface area contributed by atoms with E-state index < -0.39 is 0 Å². The fourth-order valence-corrected chi connectivity index (χ4v) is 2.02. The molecule has 0 radical (unpaired) electrons. The summed E-state index contributed by atoms with van der Waals surface area (Å²) in [6.07, 6.45) is 3.12. The molecule has 0 unspecified atom stereocenters. The number of halogens is 1. The van der Waals surface area contributed by atoms with E-state index in [2.05, 4.69) is 10.3 Å². The van der Waals surface area contributed by atoms with Gasteiger partial charge in [-0.1, -0.05) is 6.07 Å². The minimum absolute atomic E-state index is 0.212. The summed E-state index contributed by atoms with van der Waals surface area (Å²) in [5.74, 6) is -0.579. The smallest absolute Gasteiger partial charge is 0.261 e. The number of aromatic nitrogens is 1. The lowest BCUT2D eigenvalue weighted by Gasteiger charge is -2.22. The van der Waals surface area contributed by atoms with Gasteiger partial charge in [0, 0.05) is 37.4 Å². The zero-order valence-corrected chi connectivity index (χ0v) is 11.4. The normalized spacial score (nSPS) is 10.2. The lowest BCUT2D eigenvalue weighted by Crippen LogP contribution is -2.31. The molecule has 0 saturated carbocycles. The summed E-state index contributed by atoms with van der Waals surface area (Å²) in [4.78, 5) is 18.1. The molecule has 0 atom stereocenters. The molecule has 0 spiro atoms. The molecule has 0 aliphatic heterocycles. The van der Waals surface area contributed by atoms with Gasteiger partial charge in [-0.2, -0.15) is 0 Å². The van der Waals surface area contributed by atoms with Crippen molar-refractivity contribution in [3.05, 3.63) is 54.1 Å². The number of pyridine rings is 1. The summed E-state index contributed by atoms with van der Waals surface area (Å²) in [6, 6.07) is 7.72. The van der Waals surface area contributed by atoms with Crippen LogP contribution >= 0.6 is 0 Å². The van der Waals surface area contributed by atoms with Crippen molar-refractivity contribution in [1.82, 2.24) is 4.98 Å². The Balaban J connectivity index is 2.39. The van der Waals surface area contributed by atoms with Crippen LogP contribution in [0.2, 0.25) is 0 Å². The summed E-state index contributed by atoms with van der Waals surface area (Å²) >= 11 is 0. The van der Waals surface area contributed by atoms with Gasteiger partial charge in [-0.3, -0.25) is 9.78 Å². The Labute approximate surface area is 117 Å². The first-order chi connectivity index (χ1) is 9.67. The van der Waals surface area contributed by atoms with E-state index in [0.717, 1.165) is 0 Å². The molecule has 1 heterocycles. The van der Waals surface area contributed by atoms with Crippen LogP contribution in [-0.2, 0) is 0 Å². The number of amides is 1. The first-order valence-corrected chi connectivity index (χ1v) is 6.36. The van der Waals surface area contributed by atoms with Gasteiger partial charge in [0.15, 0.2) is 0 Å². The molecule has 20 heavy (non-hydrogen) atoms. The number of nitrogens with one attached hydrogen (secondary N) is 1. The summed E-state index contributed by atoms with van der Waals surface area (Å²) in [6.45, 7) is 2.29. The fraction of sp³-hybridized carbons (Fsp3) is 0.200. The van der Waals surface area contributed by atoms with Crippen LogP contribution < -0.4 is 10.2 Å². The molecule has 1 aromatic heterocycles. The maximum absolute atomic E-state index is 13.3. The molecule has 2 aromatic rings. The van der Waals surface area contributed by atoms with Crippen molar-refractivity contribution in [1.29, 1.82) is 0 Å². The Morgan fingerprint density at radius 1 is 1.40 bits per heavy atom. The average Bonchev–Trinajstić information content (AvgIpc) is 2.48. The molecule has 0 bridgehead atoms. The van der Waals surface area contributed by atoms with E-state index in [9.17, 15) is 9.18 Å². The maximum atomic E-state index is 13.3. The van der Waals surface area contributed by atoms with E-state index in [1.165, 1.54) is 23.2 Å². The molecule has 1 aromatic carbocycles. The predicted molar refractivity (Wildman–Crippen MR) is 77.5 cm³/mol. The fourth-order valence-electron chi connectivity index (χ4n) is 2.02. The van der Waals surface area contributed by atoms with E-state index in [1.54, 1.807) is 31.4 Å². The average molecular weight is 273 g/mol. The van der Waals surface area contributed by atoms with Gasteiger partial charge in [0.05, 0.1) is 5.56 Å². The molecule has 0 aliphatic rings. The van der Waals surface area contributed by atoms with Gasteiger partial charge in [-0.05, 0) is 31.2 Å². The molecule has 0 saturated heterocycles. The SMILES string of the molecule is CCN(C(=O)c1cnccc1NC)c1cccc(F)c1. The summed E-state index contributed by atoms with van der Waals surface area (Å²) in [5, 5.41) is 2.96.